The number of ether oxygens (including phenoxy) is 1. The lowest BCUT2D eigenvalue weighted by molar-refractivity contribution is -0.00281. The summed E-state index contributed by atoms with van der Waals surface area (Å²) in [5.74, 6) is -0.0914. The van der Waals surface area contributed by atoms with Crippen LogP contribution in [-0.4, -0.2) is 41.6 Å². The summed E-state index contributed by atoms with van der Waals surface area (Å²) in [6.07, 6.45) is 2.35. The number of nitrogens with one attached hydrogen (secondary N) is 1. The van der Waals surface area contributed by atoms with Crippen molar-refractivity contribution in [2.45, 2.75) is 19.4 Å². The summed E-state index contributed by atoms with van der Waals surface area (Å²) in [7, 11) is 0. The summed E-state index contributed by atoms with van der Waals surface area (Å²) in [6, 6.07) is 3.08. The Hall–Kier alpha value is -1.62. The fourth-order valence-corrected chi connectivity index (χ4v) is 2.00. The fraction of sp³-hybridized carbons (Fsp3) is 0.500. The van der Waals surface area contributed by atoms with E-state index in [1.54, 1.807) is 11.0 Å². The second-order valence-corrected chi connectivity index (χ2v) is 4.08. The molecule has 0 bridgehead atoms. The predicted molar refractivity (Wildman–Crippen MR) is 63.0 cm³/mol. The van der Waals surface area contributed by atoms with Crippen molar-refractivity contribution in [1.82, 2.24) is 9.88 Å². The normalized spacial score (nSPS) is 20.3. The van der Waals surface area contributed by atoms with E-state index in [4.69, 9.17) is 4.74 Å². The van der Waals surface area contributed by atoms with Crippen LogP contribution in [0.5, 0.6) is 0 Å². The minimum Gasteiger partial charge on any atom is -0.377 e. The first-order valence-corrected chi connectivity index (χ1v) is 5.80. The molecule has 1 unspecified atom stereocenters. The molecule has 0 spiro atoms. The molecule has 2 heterocycles. The van der Waals surface area contributed by atoms with E-state index in [9.17, 15) is 9.59 Å². The molecule has 1 N–H and O–H groups in total. The zero-order chi connectivity index (χ0) is 12.3. The lowest BCUT2D eigenvalue weighted by Gasteiger charge is -2.35. The van der Waals surface area contributed by atoms with Gasteiger partial charge in [-0.3, -0.25) is 9.59 Å². The van der Waals surface area contributed by atoms with Gasteiger partial charge in [-0.15, -0.1) is 0 Å². The SMILES string of the molecule is CCC1COCCN1C(=O)c1cc[nH]c(=O)c1. The minimum absolute atomic E-state index is 0.0914. The largest absolute Gasteiger partial charge is 0.377 e. The number of carbonyl (C=O) groups is 1. The van der Waals surface area contributed by atoms with Crippen molar-refractivity contribution >= 4 is 5.91 Å². The summed E-state index contributed by atoms with van der Waals surface area (Å²) in [4.78, 5) is 27.7. The van der Waals surface area contributed by atoms with Crippen molar-refractivity contribution in [3.8, 4) is 0 Å². The van der Waals surface area contributed by atoms with Gasteiger partial charge in [0.1, 0.15) is 0 Å². The van der Waals surface area contributed by atoms with E-state index in [0.29, 0.717) is 25.3 Å². The lowest BCUT2D eigenvalue weighted by atomic mass is 10.1. The van der Waals surface area contributed by atoms with E-state index >= 15 is 0 Å². The number of rotatable bonds is 2. The average Bonchev–Trinajstić information content (AvgIpc) is 2.38. The molecule has 0 saturated carbocycles. The van der Waals surface area contributed by atoms with Crippen LogP contribution in [0.25, 0.3) is 0 Å². The highest BCUT2D eigenvalue weighted by atomic mass is 16.5. The number of morpholine rings is 1. The number of H-pyrrole nitrogens is 1. The average molecular weight is 236 g/mol. The molecular formula is C12H16N2O3. The van der Waals surface area contributed by atoms with Crippen molar-refractivity contribution in [3.05, 3.63) is 34.2 Å². The van der Waals surface area contributed by atoms with Gasteiger partial charge in [-0.1, -0.05) is 6.92 Å². The molecule has 1 aromatic heterocycles. The quantitative estimate of drug-likeness (QED) is 0.819. The Balaban J connectivity index is 2.21. The van der Waals surface area contributed by atoms with Crippen molar-refractivity contribution in [1.29, 1.82) is 0 Å². The van der Waals surface area contributed by atoms with Gasteiger partial charge in [0.05, 0.1) is 19.3 Å². The van der Waals surface area contributed by atoms with Crippen LogP contribution in [0.2, 0.25) is 0 Å². The second kappa shape index (κ2) is 5.14. The highest BCUT2D eigenvalue weighted by molar-refractivity contribution is 5.94. The first-order chi connectivity index (χ1) is 8.22. The van der Waals surface area contributed by atoms with Crippen LogP contribution in [0, 0.1) is 0 Å². The predicted octanol–water partition coefficient (Wildman–Crippen LogP) is 0.626. The number of nitrogens with zero attached hydrogens (tertiary/aromatic N) is 1. The van der Waals surface area contributed by atoms with E-state index in [1.165, 1.54) is 12.3 Å². The molecule has 5 nitrogen and oxygen atoms in total. The van der Waals surface area contributed by atoms with Crippen molar-refractivity contribution < 1.29 is 9.53 Å². The highest BCUT2D eigenvalue weighted by Crippen LogP contribution is 2.13. The number of aromatic nitrogens is 1. The molecular weight excluding hydrogens is 220 g/mol. The number of carbonyl (C=O) groups excluding carboxylic acids is 1. The van der Waals surface area contributed by atoms with Gasteiger partial charge in [0.25, 0.3) is 5.91 Å². The molecule has 1 atom stereocenters. The Morgan fingerprint density at radius 3 is 3.18 bits per heavy atom. The Morgan fingerprint density at radius 2 is 2.47 bits per heavy atom. The highest BCUT2D eigenvalue weighted by Gasteiger charge is 2.26. The molecule has 1 amide bonds. The standard InChI is InChI=1S/C12H16N2O3/c1-2-10-8-17-6-5-14(10)12(16)9-3-4-13-11(15)7-9/h3-4,7,10H,2,5-6,8H2,1H3,(H,13,15). The summed E-state index contributed by atoms with van der Waals surface area (Å²) >= 11 is 0. The van der Waals surface area contributed by atoms with E-state index in [0.717, 1.165) is 6.42 Å². The van der Waals surface area contributed by atoms with E-state index < -0.39 is 0 Å². The third-order valence-corrected chi connectivity index (χ3v) is 2.98. The summed E-state index contributed by atoms with van der Waals surface area (Å²) in [6.45, 7) is 3.75. The van der Waals surface area contributed by atoms with Crippen LogP contribution in [0.1, 0.15) is 23.7 Å². The van der Waals surface area contributed by atoms with Gasteiger partial charge < -0.3 is 14.6 Å². The summed E-state index contributed by atoms with van der Waals surface area (Å²) < 4.78 is 5.35. The zero-order valence-electron chi connectivity index (χ0n) is 9.81. The second-order valence-electron chi connectivity index (χ2n) is 4.08. The lowest BCUT2D eigenvalue weighted by Crippen LogP contribution is -2.48. The van der Waals surface area contributed by atoms with Gasteiger partial charge >= 0.3 is 0 Å². The van der Waals surface area contributed by atoms with Crippen molar-refractivity contribution in [3.63, 3.8) is 0 Å². The van der Waals surface area contributed by atoms with Crippen LogP contribution in [-0.2, 0) is 4.74 Å². The molecule has 1 fully saturated rings. The van der Waals surface area contributed by atoms with Crippen LogP contribution >= 0.6 is 0 Å². The number of hydrogen-bond donors (Lipinski definition) is 1. The number of amides is 1. The third-order valence-electron chi connectivity index (χ3n) is 2.98. The van der Waals surface area contributed by atoms with Crippen LogP contribution in [0.3, 0.4) is 0 Å². The Labute approximate surface area is 99.4 Å². The Morgan fingerprint density at radius 1 is 1.65 bits per heavy atom. The molecule has 0 radical (unpaired) electrons. The molecule has 1 aliphatic rings. The molecule has 1 aromatic rings. The van der Waals surface area contributed by atoms with E-state index in [1.807, 2.05) is 6.92 Å². The first kappa shape index (κ1) is 11.9. The van der Waals surface area contributed by atoms with Gasteiger partial charge in [0.2, 0.25) is 5.56 Å². The maximum atomic E-state index is 12.2. The molecule has 92 valence electrons. The number of pyridine rings is 1. The molecule has 0 aliphatic carbocycles. The number of aromatic amines is 1. The number of hydrogen-bond acceptors (Lipinski definition) is 3. The van der Waals surface area contributed by atoms with Crippen molar-refractivity contribution in [2.24, 2.45) is 0 Å². The first-order valence-electron chi connectivity index (χ1n) is 5.80. The minimum atomic E-state index is -0.253. The molecule has 1 aliphatic heterocycles. The van der Waals surface area contributed by atoms with Gasteiger partial charge in [0.15, 0.2) is 0 Å². The molecule has 1 saturated heterocycles. The van der Waals surface area contributed by atoms with E-state index in [2.05, 4.69) is 4.98 Å². The molecule has 0 aromatic carbocycles. The van der Waals surface area contributed by atoms with Crippen LogP contribution in [0.15, 0.2) is 23.1 Å². The summed E-state index contributed by atoms with van der Waals surface area (Å²) in [5, 5.41) is 0. The monoisotopic (exact) mass is 236 g/mol. The maximum Gasteiger partial charge on any atom is 0.254 e. The summed E-state index contributed by atoms with van der Waals surface area (Å²) in [5.41, 5.74) is 0.186. The topological polar surface area (TPSA) is 62.4 Å². The van der Waals surface area contributed by atoms with Crippen LogP contribution in [0.4, 0.5) is 0 Å². The molecule has 17 heavy (non-hydrogen) atoms. The van der Waals surface area contributed by atoms with Gasteiger partial charge in [-0.25, -0.2) is 0 Å². The van der Waals surface area contributed by atoms with Crippen molar-refractivity contribution in [2.75, 3.05) is 19.8 Å². The van der Waals surface area contributed by atoms with Crippen LogP contribution < -0.4 is 5.56 Å². The third kappa shape index (κ3) is 2.55. The van der Waals surface area contributed by atoms with Gasteiger partial charge in [0, 0.05) is 24.4 Å². The fourth-order valence-electron chi connectivity index (χ4n) is 2.00. The van der Waals surface area contributed by atoms with Gasteiger partial charge in [-0.05, 0) is 12.5 Å². The zero-order valence-corrected chi connectivity index (χ0v) is 9.81. The molecule has 2 rings (SSSR count). The Kier molecular flexibility index (Phi) is 3.58. The molecule has 5 heteroatoms. The van der Waals surface area contributed by atoms with Gasteiger partial charge in [-0.2, -0.15) is 0 Å². The maximum absolute atomic E-state index is 12.2. The smallest absolute Gasteiger partial charge is 0.254 e. The van der Waals surface area contributed by atoms with E-state index in [-0.39, 0.29) is 17.5 Å². The Bertz CT molecular complexity index is 455.